The molecule has 4 nitrogen and oxygen atoms in total. The molecule has 0 radical (unpaired) electrons. The third-order valence-corrected chi connectivity index (χ3v) is 1.42. The highest BCUT2D eigenvalue weighted by atomic mass is 16.4. The van der Waals surface area contributed by atoms with Gasteiger partial charge in [-0.25, -0.2) is 0 Å². The minimum absolute atomic E-state index is 0.220. The van der Waals surface area contributed by atoms with Crippen LogP contribution < -0.4 is 5.32 Å². The first kappa shape index (κ1) is 7.08. The topological polar surface area (TPSA) is 69.6 Å². The molecule has 1 rings (SSSR count). The van der Waals surface area contributed by atoms with Gasteiger partial charge in [-0.2, -0.15) is 0 Å². The molecule has 4 heteroatoms. The van der Waals surface area contributed by atoms with Crippen molar-refractivity contribution in [2.45, 2.75) is 12.5 Å². The fraction of sp³-hybridized carbons (Fsp3) is 0.500. The Balaban J connectivity index is 2.50. The van der Waals surface area contributed by atoms with Gasteiger partial charge in [0.25, 0.3) is 0 Å². The highest BCUT2D eigenvalue weighted by molar-refractivity contribution is 5.73. The number of rotatable bonds is 1. The summed E-state index contributed by atoms with van der Waals surface area (Å²) < 4.78 is 0. The Morgan fingerprint density at radius 3 is 2.90 bits per heavy atom. The van der Waals surface area contributed by atoms with Crippen molar-refractivity contribution < 1.29 is 15.0 Å². The maximum absolute atomic E-state index is 10.3. The van der Waals surface area contributed by atoms with Crippen LogP contribution in [0.1, 0.15) is 6.42 Å². The molecule has 0 aromatic carbocycles. The van der Waals surface area contributed by atoms with E-state index in [1.165, 1.54) is 6.08 Å². The van der Waals surface area contributed by atoms with Crippen molar-refractivity contribution in [3.8, 4) is 0 Å². The molecule has 1 heterocycles. The fourth-order valence-electron chi connectivity index (χ4n) is 0.825. The van der Waals surface area contributed by atoms with E-state index in [4.69, 9.17) is 10.2 Å². The third kappa shape index (κ3) is 1.48. The van der Waals surface area contributed by atoms with Gasteiger partial charge in [-0.3, -0.25) is 10.1 Å². The first-order valence-electron chi connectivity index (χ1n) is 3.04. The smallest absolute Gasteiger partial charge is 0.321 e. The average molecular weight is 143 g/mol. The summed E-state index contributed by atoms with van der Waals surface area (Å²) in [7, 11) is 0. The number of nitrogens with one attached hydrogen (secondary N) is 1. The Bertz CT molecular complexity index is 176. The van der Waals surface area contributed by atoms with Crippen molar-refractivity contribution in [1.82, 2.24) is 5.32 Å². The standard InChI is InChI=1S/C6H9NO3/c8-4-1-2-5(6(9)10)7-3-4/h1,5,7-8H,2-3H2,(H,9,10)/t5-/m0/s1. The molecule has 0 aromatic rings. The maximum atomic E-state index is 10.3. The number of carboxylic acid groups (broad SMARTS) is 1. The van der Waals surface area contributed by atoms with Gasteiger partial charge < -0.3 is 10.2 Å². The summed E-state index contributed by atoms with van der Waals surface area (Å²) in [6.07, 6.45) is 1.89. The van der Waals surface area contributed by atoms with E-state index in [9.17, 15) is 4.79 Å². The molecule has 1 aliphatic heterocycles. The Kier molecular flexibility index (Phi) is 1.91. The van der Waals surface area contributed by atoms with Gasteiger partial charge in [-0.15, -0.1) is 0 Å². The van der Waals surface area contributed by atoms with Gasteiger partial charge in [0.1, 0.15) is 11.8 Å². The SMILES string of the molecule is O=C(O)[C@@H]1CC=C(O)CN1. The Hall–Kier alpha value is -1.03. The molecule has 10 heavy (non-hydrogen) atoms. The van der Waals surface area contributed by atoms with Crippen LogP contribution >= 0.6 is 0 Å². The summed E-state index contributed by atoms with van der Waals surface area (Å²) in [4.78, 5) is 10.3. The van der Waals surface area contributed by atoms with Crippen LogP contribution in [0.2, 0.25) is 0 Å². The van der Waals surface area contributed by atoms with Crippen LogP contribution in [0.4, 0.5) is 0 Å². The normalized spacial score (nSPS) is 25.6. The molecule has 1 aliphatic rings. The van der Waals surface area contributed by atoms with Gasteiger partial charge in [0.05, 0.1) is 6.54 Å². The van der Waals surface area contributed by atoms with E-state index >= 15 is 0 Å². The molecule has 0 fully saturated rings. The van der Waals surface area contributed by atoms with Crippen LogP contribution in [-0.2, 0) is 4.79 Å². The van der Waals surface area contributed by atoms with Crippen LogP contribution in [0, 0.1) is 0 Å². The van der Waals surface area contributed by atoms with E-state index in [0.29, 0.717) is 6.42 Å². The van der Waals surface area contributed by atoms with E-state index in [1.54, 1.807) is 0 Å². The first-order chi connectivity index (χ1) is 4.70. The summed E-state index contributed by atoms with van der Waals surface area (Å²) in [5.74, 6) is -0.652. The molecular weight excluding hydrogens is 134 g/mol. The second kappa shape index (κ2) is 2.70. The summed E-state index contributed by atoms with van der Waals surface area (Å²) in [5, 5.41) is 19.9. The largest absolute Gasteiger partial charge is 0.511 e. The molecule has 0 amide bonds. The lowest BCUT2D eigenvalue weighted by Crippen LogP contribution is -2.39. The lowest BCUT2D eigenvalue weighted by Gasteiger charge is -2.16. The highest BCUT2D eigenvalue weighted by Gasteiger charge is 2.18. The predicted octanol–water partition coefficient (Wildman–Crippen LogP) is -0.125. The molecule has 0 unspecified atom stereocenters. The molecule has 3 N–H and O–H groups in total. The molecule has 0 aliphatic carbocycles. The minimum Gasteiger partial charge on any atom is -0.511 e. The second-order valence-electron chi connectivity index (χ2n) is 2.20. The van der Waals surface area contributed by atoms with Gasteiger partial charge in [-0.1, -0.05) is 0 Å². The summed E-state index contributed by atoms with van der Waals surface area (Å²) >= 11 is 0. The fourth-order valence-corrected chi connectivity index (χ4v) is 0.825. The lowest BCUT2D eigenvalue weighted by molar-refractivity contribution is -0.139. The molecule has 0 saturated heterocycles. The molecule has 56 valence electrons. The number of carboxylic acids is 1. The molecule has 0 saturated carbocycles. The van der Waals surface area contributed by atoms with E-state index in [1.807, 2.05) is 0 Å². The van der Waals surface area contributed by atoms with Gasteiger partial charge in [0.2, 0.25) is 0 Å². The number of aliphatic hydroxyl groups is 1. The number of hydrogen-bond acceptors (Lipinski definition) is 3. The van der Waals surface area contributed by atoms with Crippen LogP contribution in [0.15, 0.2) is 11.8 Å². The number of hydrogen-bond donors (Lipinski definition) is 3. The van der Waals surface area contributed by atoms with Crippen molar-refractivity contribution in [2.24, 2.45) is 0 Å². The van der Waals surface area contributed by atoms with Crippen LogP contribution in [0.3, 0.4) is 0 Å². The summed E-state index contributed by atoms with van der Waals surface area (Å²) in [5.41, 5.74) is 0. The van der Waals surface area contributed by atoms with Crippen LogP contribution in [0.5, 0.6) is 0 Å². The second-order valence-corrected chi connectivity index (χ2v) is 2.20. The molecule has 0 aromatic heterocycles. The molecular formula is C6H9NO3. The zero-order chi connectivity index (χ0) is 7.56. The minimum atomic E-state index is -0.872. The van der Waals surface area contributed by atoms with E-state index < -0.39 is 12.0 Å². The lowest BCUT2D eigenvalue weighted by atomic mass is 10.1. The zero-order valence-electron chi connectivity index (χ0n) is 5.37. The van der Waals surface area contributed by atoms with E-state index in [-0.39, 0.29) is 12.3 Å². The zero-order valence-corrected chi connectivity index (χ0v) is 5.37. The van der Waals surface area contributed by atoms with Gasteiger partial charge in [0, 0.05) is 0 Å². The molecule has 1 atom stereocenters. The maximum Gasteiger partial charge on any atom is 0.321 e. The van der Waals surface area contributed by atoms with Crippen molar-refractivity contribution in [3.05, 3.63) is 11.8 Å². The Morgan fingerprint density at radius 2 is 2.50 bits per heavy atom. The monoisotopic (exact) mass is 143 g/mol. The van der Waals surface area contributed by atoms with E-state index in [2.05, 4.69) is 5.32 Å². The number of aliphatic carboxylic acids is 1. The van der Waals surface area contributed by atoms with Gasteiger partial charge >= 0.3 is 5.97 Å². The van der Waals surface area contributed by atoms with Crippen molar-refractivity contribution in [2.75, 3.05) is 6.54 Å². The quantitative estimate of drug-likeness (QED) is 0.478. The van der Waals surface area contributed by atoms with E-state index in [0.717, 1.165) is 0 Å². The Labute approximate surface area is 58.2 Å². The Morgan fingerprint density at radius 1 is 1.80 bits per heavy atom. The molecule has 0 bridgehead atoms. The van der Waals surface area contributed by atoms with Gasteiger partial charge in [-0.05, 0) is 12.5 Å². The number of aliphatic hydroxyl groups excluding tert-OH is 1. The summed E-state index contributed by atoms with van der Waals surface area (Å²) in [6, 6.07) is -0.532. The summed E-state index contributed by atoms with van der Waals surface area (Å²) in [6.45, 7) is 0.261. The van der Waals surface area contributed by atoms with Crippen molar-refractivity contribution in [1.29, 1.82) is 0 Å². The van der Waals surface area contributed by atoms with Crippen molar-refractivity contribution >= 4 is 5.97 Å². The number of carbonyl (C=O) groups is 1. The first-order valence-corrected chi connectivity index (χ1v) is 3.04. The average Bonchev–Trinajstić information content (AvgIpc) is 1.88. The third-order valence-electron chi connectivity index (χ3n) is 1.42. The van der Waals surface area contributed by atoms with Crippen LogP contribution in [0.25, 0.3) is 0 Å². The van der Waals surface area contributed by atoms with Crippen LogP contribution in [-0.4, -0.2) is 28.8 Å². The van der Waals surface area contributed by atoms with Crippen molar-refractivity contribution in [3.63, 3.8) is 0 Å². The molecule has 0 spiro atoms. The highest BCUT2D eigenvalue weighted by Crippen LogP contribution is 2.03. The van der Waals surface area contributed by atoms with Gasteiger partial charge in [0.15, 0.2) is 0 Å². The predicted molar refractivity (Wildman–Crippen MR) is 34.8 cm³/mol.